The summed E-state index contributed by atoms with van der Waals surface area (Å²) in [5.74, 6) is 1.89. The highest BCUT2D eigenvalue weighted by Crippen LogP contribution is 2.31. The third-order valence-electron chi connectivity index (χ3n) is 4.26. The first-order valence-electron chi connectivity index (χ1n) is 8.56. The molecule has 0 bridgehead atoms. The minimum atomic E-state index is 0.303. The van der Waals surface area contributed by atoms with E-state index in [0.717, 1.165) is 50.2 Å². The molecular formula is C20H27ClO2. The van der Waals surface area contributed by atoms with Crippen molar-refractivity contribution in [2.24, 2.45) is 0 Å². The van der Waals surface area contributed by atoms with E-state index in [0.29, 0.717) is 5.38 Å². The standard InChI is InChI=1S/C20H27ClO2/c1-4-16(21)8-6-7-13-23-20-12-9-15-14-17(22-3)10-11-19(15)18(20)5-2/h9-12,14,16H,4-8,13H2,1-3H3. The minimum Gasteiger partial charge on any atom is -0.497 e. The molecular weight excluding hydrogens is 308 g/mol. The number of hydrogen-bond acceptors (Lipinski definition) is 2. The van der Waals surface area contributed by atoms with Crippen LogP contribution in [0.15, 0.2) is 30.3 Å². The largest absolute Gasteiger partial charge is 0.497 e. The lowest BCUT2D eigenvalue weighted by Crippen LogP contribution is -2.02. The molecule has 0 amide bonds. The molecule has 3 heteroatoms. The van der Waals surface area contributed by atoms with Crippen molar-refractivity contribution in [2.75, 3.05) is 13.7 Å². The molecule has 0 saturated carbocycles. The summed E-state index contributed by atoms with van der Waals surface area (Å²) >= 11 is 6.15. The van der Waals surface area contributed by atoms with Gasteiger partial charge in [0.15, 0.2) is 0 Å². The SMILES string of the molecule is CCc1c(OCCCCC(Cl)CC)ccc2cc(OC)ccc12. The van der Waals surface area contributed by atoms with Gasteiger partial charge in [0.2, 0.25) is 0 Å². The summed E-state index contributed by atoms with van der Waals surface area (Å²) in [4.78, 5) is 0. The number of halogens is 1. The van der Waals surface area contributed by atoms with Crippen LogP contribution in [0.4, 0.5) is 0 Å². The third kappa shape index (κ3) is 4.78. The fraction of sp³-hybridized carbons (Fsp3) is 0.500. The number of rotatable bonds is 9. The number of benzene rings is 2. The average molecular weight is 335 g/mol. The summed E-state index contributed by atoms with van der Waals surface area (Å²) < 4.78 is 11.3. The maximum Gasteiger partial charge on any atom is 0.123 e. The Morgan fingerprint density at radius 3 is 2.61 bits per heavy atom. The summed E-state index contributed by atoms with van der Waals surface area (Å²) in [6.07, 6.45) is 5.23. The summed E-state index contributed by atoms with van der Waals surface area (Å²) in [7, 11) is 1.70. The van der Waals surface area contributed by atoms with Gasteiger partial charge in [-0.3, -0.25) is 0 Å². The molecule has 2 nitrogen and oxygen atoms in total. The van der Waals surface area contributed by atoms with Crippen LogP contribution >= 0.6 is 11.6 Å². The molecule has 2 aromatic rings. The predicted molar refractivity (Wildman–Crippen MR) is 99.2 cm³/mol. The minimum absolute atomic E-state index is 0.303. The highest BCUT2D eigenvalue weighted by molar-refractivity contribution is 6.20. The molecule has 0 aliphatic rings. The van der Waals surface area contributed by atoms with Crippen LogP contribution in [0, 0.1) is 0 Å². The predicted octanol–water partition coefficient (Wildman–Crippen LogP) is 5.98. The monoisotopic (exact) mass is 334 g/mol. The van der Waals surface area contributed by atoms with Crippen molar-refractivity contribution in [3.63, 3.8) is 0 Å². The Bertz CT molecular complexity index is 624. The molecule has 0 fully saturated rings. The molecule has 0 heterocycles. The maximum absolute atomic E-state index is 6.15. The van der Waals surface area contributed by atoms with E-state index in [-0.39, 0.29) is 0 Å². The lowest BCUT2D eigenvalue weighted by molar-refractivity contribution is 0.302. The number of unbranched alkanes of at least 4 members (excludes halogenated alkanes) is 1. The number of hydrogen-bond donors (Lipinski definition) is 0. The van der Waals surface area contributed by atoms with Gasteiger partial charge >= 0.3 is 0 Å². The van der Waals surface area contributed by atoms with E-state index in [9.17, 15) is 0 Å². The van der Waals surface area contributed by atoms with Gasteiger partial charge in [-0.15, -0.1) is 11.6 Å². The molecule has 0 aromatic heterocycles. The van der Waals surface area contributed by atoms with Gasteiger partial charge in [0.1, 0.15) is 11.5 Å². The Morgan fingerprint density at radius 1 is 1.09 bits per heavy atom. The van der Waals surface area contributed by atoms with E-state index in [2.05, 4.69) is 38.1 Å². The van der Waals surface area contributed by atoms with Crippen LogP contribution in [0.25, 0.3) is 10.8 Å². The maximum atomic E-state index is 6.15. The zero-order valence-corrected chi connectivity index (χ0v) is 15.2. The number of aryl methyl sites for hydroxylation is 1. The van der Waals surface area contributed by atoms with Gasteiger partial charge in [-0.2, -0.15) is 0 Å². The Kier molecular flexibility index (Phi) is 7.04. The molecule has 0 N–H and O–H groups in total. The molecule has 0 aliphatic heterocycles. The van der Waals surface area contributed by atoms with E-state index < -0.39 is 0 Å². The van der Waals surface area contributed by atoms with Crippen LogP contribution in [0.3, 0.4) is 0 Å². The first-order valence-corrected chi connectivity index (χ1v) is 8.99. The lowest BCUT2D eigenvalue weighted by Gasteiger charge is -2.14. The van der Waals surface area contributed by atoms with Gasteiger partial charge in [0.05, 0.1) is 13.7 Å². The fourth-order valence-electron chi connectivity index (χ4n) is 2.83. The highest BCUT2D eigenvalue weighted by Gasteiger charge is 2.08. The van der Waals surface area contributed by atoms with E-state index >= 15 is 0 Å². The van der Waals surface area contributed by atoms with Crippen molar-refractivity contribution >= 4 is 22.4 Å². The average Bonchev–Trinajstić information content (AvgIpc) is 2.60. The normalized spacial score (nSPS) is 12.3. The van der Waals surface area contributed by atoms with Gasteiger partial charge in [0, 0.05) is 10.9 Å². The highest BCUT2D eigenvalue weighted by atomic mass is 35.5. The van der Waals surface area contributed by atoms with Gasteiger partial charge in [0.25, 0.3) is 0 Å². The van der Waals surface area contributed by atoms with E-state index in [1.54, 1.807) is 7.11 Å². The summed E-state index contributed by atoms with van der Waals surface area (Å²) in [5, 5.41) is 2.75. The van der Waals surface area contributed by atoms with Crippen LogP contribution in [-0.2, 0) is 6.42 Å². The number of ether oxygens (including phenoxy) is 2. The Balaban J connectivity index is 2.03. The van der Waals surface area contributed by atoms with Gasteiger partial charge < -0.3 is 9.47 Å². The molecule has 1 unspecified atom stereocenters. The van der Waals surface area contributed by atoms with E-state index in [1.807, 2.05) is 6.07 Å². The van der Waals surface area contributed by atoms with E-state index in [4.69, 9.17) is 21.1 Å². The zero-order valence-electron chi connectivity index (χ0n) is 14.4. The second-order valence-corrected chi connectivity index (χ2v) is 6.45. The molecule has 0 saturated heterocycles. The quantitative estimate of drug-likeness (QED) is 0.415. The molecule has 23 heavy (non-hydrogen) atoms. The molecule has 2 rings (SSSR count). The van der Waals surface area contributed by atoms with Gasteiger partial charge in [-0.05, 0) is 61.1 Å². The second-order valence-electron chi connectivity index (χ2n) is 5.83. The van der Waals surface area contributed by atoms with Crippen LogP contribution in [0.5, 0.6) is 11.5 Å². The van der Waals surface area contributed by atoms with Crippen LogP contribution in [0.1, 0.15) is 45.1 Å². The summed E-state index contributed by atoms with van der Waals surface area (Å²) in [6.45, 7) is 5.05. The van der Waals surface area contributed by atoms with Gasteiger partial charge in [-0.1, -0.05) is 26.0 Å². The lowest BCUT2D eigenvalue weighted by atomic mass is 10.0. The Morgan fingerprint density at radius 2 is 1.91 bits per heavy atom. The number of fused-ring (bicyclic) bond motifs is 1. The molecule has 126 valence electrons. The summed E-state index contributed by atoms with van der Waals surface area (Å²) in [6, 6.07) is 10.4. The van der Waals surface area contributed by atoms with Crippen LogP contribution < -0.4 is 9.47 Å². The smallest absolute Gasteiger partial charge is 0.123 e. The second kappa shape index (κ2) is 9.02. The zero-order chi connectivity index (χ0) is 16.7. The van der Waals surface area contributed by atoms with E-state index in [1.165, 1.54) is 16.3 Å². The van der Waals surface area contributed by atoms with Gasteiger partial charge in [-0.25, -0.2) is 0 Å². The van der Waals surface area contributed by atoms with Crippen molar-refractivity contribution in [2.45, 2.75) is 51.3 Å². The fourth-order valence-corrected chi connectivity index (χ4v) is 2.99. The van der Waals surface area contributed by atoms with Crippen LogP contribution in [0.2, 0.25) is 0 Å². The molecule has 0 radical (unpaired) electrons. The van der Waals surface area contributed by atoms with Crippen molar-refractivity contribution < 1.29 is 9.47 Å². The van der Waals surface area contributed by atoms with Crippen molar-refractivity contribution in [3.05, 3.63) is 35.9 Å². The first-order chi connectivity index (χ1) is 11.2. The van der Waals surface area contributed by atoms with Crippen molar-refractivity contribution in [3.8, 4) is 11.5 Å². The van der Waals surface area contributed by atoms with Crippen molar-refractivity contribution in [1.82, 2.24) is 0 Å². The third-order valence-corrected chi connectivity index (χ3v) is 4.79. The molecule has 1 atom stereocenters. The molecule has 0 aliphatic carbocycles. The Labute approximate surface area is 144 Å². The van der Waals surface area contributed by atoms with Crippen LogP contribution in [-0.4, -0.2) is 19.1 Å². The molecule has 0 spiro atoms. The number of alkyl halides is 1. The Hall–Kier alpha value is -1.41. The number of methoxy groups -OCH3 is 1. The summed E-state index contributed by atoms with van der Waals surface area (Å²) in [5.41, 5.74) is 1.27. The topological polar surface area (TPSA) is 18.5 Å². The van der Waals surface area contributed by atoms with Crippen molar-refractivity contribution in [1.29, 1.82) is 0 Å². The first kappa shape index (κ1) is 17.9. The molecule has 2 aromatic carbocycles.